The molecule has 0 saturated heterocycles. The molecular formula is C18H18ClN5O. The predicted molar refractivity (Wildman–Crippen MR) is 98.2 cm³/mol. The van der Waals surface area contributed by atoms with Gasteiger partial charge in [-0.25, -0.2) is 0 Å². The summed E-state index contributed by atoms with van der Waals surface area (Å²) in [7, 11) is 1.71. The lowest BCUT2D eigenvalue weighted by molar-refractivity contribution is 0.375. The Morgan fingerprint density at radius 1 is 1.08 bits per heavy atom. The summed E-state index contributed by atoms with van der Waals surface area (Å²) in [6.45, 7) is 1.06. The van der Waals surface area contributed by atoms with Crippen molar-refractivity contribution >= 4 is 17.6 Å². The van der Waals surface area contributed by atoms with E-state index in [-0.39, 0.29) is 0 Å². The molecule has 1 heterocycles. The summed E-state index contributed by atoms with van der Waals surface area (Å²) < 4.78 is 5.27. The quantitative estimate of drug-likeness (QED) is 0.542. The molecule has 0 bridgehead atoms. The number of nitrogens with one attached hydrogen (secondary N) is 2. The smallest absolute Gasteiger partial charge is 0.246 e. The van der Waals surface area contributed by atoms with Crippen LogP contribution < -0.4 is 10.6 Å². The van der Waals surface area contributed by atoms with Gasteiger partial charge in [0.2, 0.25) is 11.7 Å². The molecule has 0 amide bonds. The zero-order valence-electron chi connectivity index (χ0n) is 13.7. The van der Waals surface area contributed by atoms with Crippen molar-refractivity contribution in [3.05, 3.63) is 71.1 Å². The zero-order chi connectivity index (χ0) is 17.5. The van der Waals surface area contributed by atoms with Crippen molar-refractivity contribution in [2.45, 2.75) is 13.1 Å². The van der Waals surface area contributed by atoms with Gasteiger partial charge in [0.1, 0.15) is 0 Å². The van der Waals surface area contributed by atoms with Crippen LogP contribution in [-0.2, 0) is 13.1 Å². The van der Waals surface area contributed by atoms with Crippen LogP contribution in [0.5, 0.6) is 0 Å². The second-order valence-electron chi connectivity index (χ2n) is 5.29. The lowest BCUT2D eigenvalue weighted by atomic mass is 10.2. The summed E-state index contributed by atoms with van der Waals surface area (Å²) in [6, 6.07) is 17.4. The molecule has 0 saturated carbocycles. The van der Waals surface area contributed by atoms with Crippen molar-refractivity contribution in [2.24, 2.45) is 4.99 Å². The van der Waals surface area contributed by atoms with Gasteiger partial charge < -0.3 is 15.2 Å². The van der Waals surface area contributed by atoms with Crippen molar-refractivity contribution < 1.29 is 4.52 Å². The molecule has 7 heteroatoms. The number of hydrogen-bond donors (Lipinski definition) is 2. The van der Waals surface area contributed by atoms with E-state index < -0.39 is 0 Å². The molecule has 0 aliphatic carbocycles. The second-order valence-corrected chi connectivity index (χ2v) is 5.72. The van der Waals surface area contributed by atoms with E-state index in [0.29, 0.717) is 35.8 Å². The van der Waals surface area contributed by atoms with Crippen LogP contribution in [0, 0.1) is 0 Å². The highest BCUT2D eigenvalue weighted by Crippen LogP contribution is 2.19. The highest BCUT2D eigenvalue weighted by molar-refractivity contribution is 6.30. The average molecular weight is 356 g/mol. The SMILES string of the molecule is CN=C(NCc1ccccc1)NCc1nc(-c2cccc(Cl)c2)no1. The van der Waals surface area contributed by atoms with Crippen molar-refractivity contribution in [2.75, 3.05) is 7.05 Å². The van der Waals surface area contributed by atoms with Crippen molar-refractivity contribution in [1.29, 1.82) is 0 Å². The Labute approximate surface area is 150 Å². The van der Waals surface area contributed by atoms with Gasteiger partial charge in [0.25, 0.3) is 0 Å². The van der Waals surface area contributed by atoms with Gasteiger partial charge in [-0.05, 0) is 17.7 Å². The van der Waals surface area contributed by atoms with Crippen LogP contribution in [0.2, 0.25) is 5.02 Å². The first-order valence-electron chi connectivity index (χ1n) is 7.81. The van der Waals surface area contributed by atoms with Crippen molar-refractivity contribution in [1.82, 2.24) is 20.8 Å². The fourth-order valence-electron chi connectivity index (χ4n) is 2.23. The van der Waals surface area contributed by atoms with E-state index in [1.54, 1.807) is 19.2 Å². The first kappa shape index (κ1) is 17.0. The summed E-state index contributed by atoms with van der Waals surface area (Å²) >= 11 is 5.99. The van der Waals surface area contributed by atoms with Gasteiger partial charge in [-0.2, -0.15) is 4.98 Å². The lowest BCUT2D eigenvalue weighted by Gasteiger charge is -2.10. The zero-order valence-corrected chi connectivity index (χ0v) is 14.5. The third-order valence-corrected chi connectivity index (χ3v) is 3.72. The minimum atomic E-state index is 0.377. The molecule has 25 heavy (non-hydrogen) atoms. The van der Waals surface area contributed by atoms with Gasteiger partial charge in [0.15, 0.2) is 5.96 Å². The fraction of sp³-hybridized carbons (Fsp3) is 0.167. The summed E-state index contributed by atoms with van der Waals surface area (Å²) in [5.41, 5.74) is 1.99. The first-order chi connectivity index (χ1) is 12.2. The summed E-state index contributed by atoms with van der Waals surface area (Å²) in [4.78, 5) is 8.55. The predicted octanol–water partition coefficient (Wildman–Crippen LogP) is 3.26. The highest BCUT2D eigenvalue weighted by Gasteiger charge is 2.09. The number of rotatable bonds is 5. The Kier molecular flexibility index (Phi) is 5.64. The molecule has 0 aliphatic heterocycles. The molecule has 6 nitrogen and oxygen atoms in total. The van der Waals surface area contributed by atoms with E-state index in [2.05, 4.69) is 37.9 Å². The summed E-state index contributed by atoms with van der Waals surface area (Å²) in [5, 5.41) is 11.0. The third-order valence-electron chi connectivity index (χ3n) is 3.48. The maximum atomic E-state index is 5.99. The van der Waals surface area contributed by atoms with Crippen LogP contribution in [0.25, 0.3) is 11.4 Å². The number of aliphatic imine (C=N–C) groups is 1. The van der Waals surface area contributed by atoms with Crippen LogP contribution in [0.3, 0.4) is 0 Å². The van der Waals surface area contributed by atoms with Gasteiger partial charge in [0.05, 0.1) is 6.54 Å². The normalized spacial score (nSPS) is 11.4. The van der Waals surface area contributed by atoms with Gasteiger partial charge in [-0.3, -0.25) is 4.99 Å². The standard InChI is InChI=1S/C18H18ClN5O/c1-20-18(21-11-13-6-3-2-4-7-13)22-12-16-23-17(24-25-16)14-8-5-9-15(19)10-14/h2-10H,11-12H2,1H3,(H2,20,21,22). The molecule has 0 fully saturated rings. The minimum absolute atomic E-state index is 0.377. The van der Waals surface area contributed by atoms with Gasteiger partial charge >= 0.3 is 0 Å². The average Bonchev–Trinajstić information content (AvgIpc) is 3.12. The largest absolute Gasteiger partial charge is 0.352 e. The molecule has 2 aromatic carbocycles. The molecule has 3 rings (SSSR count). The topological polar surface area (TPSA) is 75.3 Å². The maximum absolute atomic E-state index is 5.99. The molecule has 2 N–H and O–H groups in total. The first-order valence-corrected chi connectivity index (χ1v) is 8.19. The Balaban J connectivity index is 1.55. The van der Waals surface area contributed by atoms with Gasteiger partial charge in [-0.15, -0.1) is 0 Å². The van der Waals surface area contributed by atoms with Crippen LogP contribution >= 0.6 is 11.6 Å². The Bertz CT molecular complexity index is 847. The molecule has 0 radical (unpaired) electrons. The fourth-order valence-corrected chi connectivity index (χ4v) is 2.42. The number of halogens is 1. The molecule has 3 aromatic rings. The summed E-state index contributed by atoms with van der Waals surface area (Å²) in [6.07, 6.45) is 0. The van der Waals surface area contributed by atoms with E-state index >= 15 is 0 Å². The molecule has 128 valence electrons. The molecule has 0 aliphatic rings. The minimum Gasteiger partial charge on any atom is -0.352 e. The third kappa shape index (κ3) is 4.81. The van der Waals surface area contributed by atoms with E-state index in [4.69, 9.17) is 16.1 Å². The number of nitrogens with zero attached hydrogens (tertiary/aromatic N) is 3. The van der Waals surface area contributed by atoms with Crippen LogP contribution in [-0.4, -0.2) is 23.1 Å². The van der Waals surface area contributed by atoms with E-state index in [1.807, 2.05) is 30.3 Å². The highest BCUT2D eigenvalue weighted by atomic mass is 35.5. The number of hydrogen-bond acceptors (Lipinski definition) is 4. The molecule has 0 atom stereocenters. The number of guanidine groups is 1. The van der Waals surface area contributed by atoms with Crippen LogP contribution in [0.1, 0.15) is 11.5 Å². The molecular weight excluding hydrogens is 338 g/mol. The van der Waals surface area contributed by atoms with Crippen molar-refractivity contribution in [3.63, 3.8) is 0 Å². The Morgan fingerprint density at radius 2 is 1.88 bits per heavy atom. The maximum Gasteiger partial charge on any atom is 0.246 e. The number of aromatic nitrogens is 2. The van der Waals surface area contributed by atoms with E-state index in [1.165, 1.54) is 5.56 Å². The van der Waals surface area contributed by atoms with E-state index in [0.717, 1.165) is 5.56 Å². The van der Waals surface area contributed by atoms with Crippen molar-refractivity contribution in [3.8, 4) is 11.4 Å². The summed E-state index contributed by atoms with van der Waals surface area (Å²) in [5.74, 6) is 1.63. The lowest BCUT2D eigenvalue weighted by Crippen LogP contribution is -2.36. The van der Waals surface area contributed by atoms with Crippen LogP contribution in [0.15, 0.2) is 64.1 Å². The van der Waals surface area contributed by atoms with Crippen LogP contribution in [0.4, 0.5) is 0 Å². The second kappa shape index (κ2) is 8.30. The Morgan fingerprint density at radius 3 is 2.64 bits per heavy atom. The Hall–Kier alpha value is -2.86. The molecule has 0 spiro atoms. The molecule has 0 unspecified atom stereocenters. The van der Waals surface area contributed by atoms with E-state index in [9.17, 15) is 0 Å². The van der Waals surface area contributed by atoms with Gasteiger partial charge in [-0.1, -0.05) is 59.2 Å². The molecule has 1 aromatic heterocycles. The monoisotopic (exact) mass is 355 g/mol. The number of benzene rings is 2. The van der Waals surface area contributed by atoms with Gasteiger partial charge in [0, 0.05) is 24.2 Å².